The average molecular weight is 1130 g/mol. The predicted octanol–water partition coefficient (Wildman–Crippen LogP) is 23.3. The number of carbonyl (C=O) groups excluding carboxylic acids is 3. The van der Waals surface area contributed by atoms with Crippen molar-refractivity contribution < 1.29 is 28.6 Å². The Bertz CT molecular complexity index is 1830. The van der Waals surface area contributed by atoms with Gasteiger partial charge in [0.2, 0.25) is 0 Å². The van der Waals surface area contributed by atoms with Crippen molar-refractivity contribution in [2.45, 2.75) is 290 Å². The zero-order valence-corrected chi connectivity index (χ0v) is 52.9. The first-order valence-electron chi connectivity index (χ1n) is 33.5. The minimum atomic E-state index is -0.801. The van der Waals surface area contributed by atoms with Gasteiger partial charge in [0.05, 0.1) is 0 Å². The summed E-state index contributed by atoms with van der Waals surface area (Å²) in [5.41, 5.74) is 0. The molecule has 462 valence electrons. The largest absolute Gasteiger partial charge is 0.462 e. The maximum Gasteiger partial charge on any atom is 0.306 e. The Morgan fingerprint density at radius 1 is 0.256 bits per heavy atom. The topological polar surface area (TPSA) is 78.9 Å². The third-order valence-corrected chi connectivity index (χ3v) is 13.7. The van der Waals surface area contributed by atoms with Crippen molar-refractivity contribution in [1.29, 1.82) is 0 Å². The highest BCUT2D eigenvalue weighted by atomic mass is 16.6. The monoisotopic (exact) mass is 1130 g/mol. The van der Waals surface area contributed by atoms with Crippen LogP contribution in [0.1, 0.15) is 284 Å². The summed E-state index contributed by atoms with van der Waals surface area (Å²) >= 11 is 0. The van der Waals surface area contributed by atoms with Crippen LogP contribution < -0.4 is 0 Å². The molecule has 0 saturated heterocycles. The Balaban J connectivity index is 4.37. The van der Waals surface area contributed by atoms with Gasteiger partial charge in [-0.05, 0) is 148 Å². The maximum atomic E-state index is 12.9. The lowest BCUT2D eigenvalue weighted by molar-refractivity contribution is -0.167. The van der Waals surface area contributed by atoms with Crippen LogP contribution in [0.15, 0.2) is 158 Å². The zero-order valence-electron chi connectivity index (χ0n) is 52.9. The zero-order chi connectivity index (χ0) is 59.2. The van der Waals surface area contributed by atoms with Gasteiger partial charge in [-0.3, -0.25) is 14.4 Å². The van der Waals surface area contributed by atoms with E-state index in [9.17, 15) is 14.4 Å². The summed E-state index contributed by atoms with van der Waals surface area (Å²) in [4.78, 5) is 38.4. The molecule has 0 radical (unpaired) electrons. The van der Waals surface area contributed by atoms with Crippen molar-refractivity contribution in [3.8, 4) is 0 Å². The molecule has 0 aromatic carbocycles. The highest BCUT2D eigenvalue weighted by Gasteiger charge is 2.19. The highest BCUT2D eigenvalue weighted by molar-refractivity contribution is 5.71. The summed E-state index contributed by atoms with van der Waals surface area (Å²) in [6, 6.07) is 0. The van der Waals surface area contributed by atoms with Crippen molar-refractivity contribution in [3.05, 3.63) is 158 Å². The Hall–Kier alpha value is -4.97. The van der Waals surface area contributed by atoms with Crippen LogP contribution in [0.25, 0.3) is 0 Å². The molecule has 0 N–H and O–H groups in total. The van der Waals surface area contributed by atoms with E-state index in [0.29, 0.717) is 19.3 Å². The van der Waals surface area contributed by atoms with E-state index in [1.165, 1.54) is 77.0 Å². The van der Waals surface area contributed by atoms with Gasteiger partial charge >= 0.3 is 17.9 Å². The molecule has 1 atom stereocenters. The molecule has 0 aliphatic rings. The van der Waals surface area contributed by atoms with Crippen molar-refractivity contribution >= 4 is 17.9 Å². The fraction of sp³-hybridized carbons (Fsp3) is 0.618. The lowest BCUT2D eigenvalue weighted by atomic mass is 10.1. The van der Waals surface area contributed by atoms with Crippen LogP contribution in [0.4, 0.5) is 0 Å². The first kappa shape index (κ1) is 77.0. The van der Waals surface area contributed by atoms with Crippen LogP contribution in [-0.2, 0) is 28.6 Å². The van der Waals surface area contributed by atoms with Gasteiger partial charge < -0.3 is 14.2 Å². The quantitative estimate of drug-likeness (QED) is 0.0261. The fourth-order valence-electron chi connectivity index (χ4n) is 8.80. The summed E-state index contributed by atoms with van der Waals surface area (Å²) in [6.45, 7) is 6.37. The molecule has 0 aliphatic carbocycles. The first-order valence-corrected chi connectivity index (χ1v) is 33.5. The third-order valence-electron chi connectivity index (χ3n) is 13.7. The molecule has 0 amide bonds. The third kappa shape index (κ3) is 65.8. The van der Waals surface area contributed by atoms with Gasteiger partial charge in [0.25, 0.3) is 0 Å². The maximum absolute atomic E-state index is 12.9. The van der Waals surface area contributed by atoms with Gasteiger partial charge in [0.15, 0.2) is 6.10 Å². The lowest BCUT2D eigenvalue weighted by Crippen LogP contribution is -2.30. The highest BCUT2D eigenvalue weighted by Crippen LogP contribution is 2.15. The molecule has 0 aliphatic heterocycles. The molecule has 6 nitrogen and oxygen atoms in total. The minimum Gasteiger partial charge on any atom is -0.462 e. The fourth-order valence-corrected chi connectivity index (χ4v) is 8.80. The number of carbonyl (C=O) groups is 3. The summed E-state index contributed by atoms with van der Waals surface area (Å²) in [6.07, 6.45) is 99.6. The lowest BCUT2D eigenvalue weighted by Gasteiger charge is -2.18. The normalized spacial score (nSPS) is 13.2. The molecule has 82 heavy (non-hydrogen) atoms. The summed E-state index contributed by atoms with van der Waals surface area (Å²) in [7, 11) is 0. The second-order valence-electron chi connectivity index (χ2n) is 21.6. The summed E-state index contributed by atoms with van der Waals surface area (Å²) in [5, 5.41) is 0. The number of hydrogen-bond acceptors (Lipinski definition) is 6. The molecule has 1 unspecified atom stereocenters. The molecule has 0 spiro atoms. The van der Waals surface area contributed by atoms with E-state index in [1.54, 1.807) is 0 Å². The van der Waals surface area contributed by atoms with Gasteiger partial charge in [0, 0.05) is 19.3 Å². The van der Waals surface area contributed by atoms with Gasteiger partial charge in [-0.15, -0.1) is 0 Å². The first-order chi connectivity index (χ1) is 40.5. The van der Waals surface area contributed by atoms with Crippen molar-refractivity contribution in [2.24, 2.45) is 0 Å². The van der Waals surface area contributed by atoms with E-state index in [1.807, 2.05) is 0 Å². The number of rotatable bonds is 59. The van der Waals surface area contributed by atoms with Crippen LogP contribution in [0.3, 0.4) is 0 Å². The van der Waals surface area contributed by atoms with Crippen molar-refractivity contribution in [1.82, 2.24) is 0 Å². The number of unbranched alkanes of at least 4 members (excludes halogenated alkanes) is 22. The Kier molecular flexibility index (Phi) is 64.4. The van der Waals surface area contributed by atoms with Crippen LogP contribution >= 0.6 is 0 Å². The van der Waals surface area contributed by atoms with E-state index >= 15 is 0 Å². The van der Waals surface area contributed by atoms with Crippen molar-refractivity contribution in [3.63, 3.8) is 0 Å². The molecule has 0 aromatic rings. The van der Waals surface area contributed by atoms with Crippen LogP contribution in [0, 0.1) is 0 Å². The van der Waals surface area contributed by atoms with Crippen LogP contribution in [0.2, 0.25) is 0 Å². The molecule has 0 rings (SSSR count). The van der Waals surface area contributed by atoms with Crippen LogP contribution in [-0.4, -0.2) is 37.2 Å². The molecule has 0 aromatic heterocycles. The van der Waals surface area contributed by atoms with E-state index in [-0.39, 0.29) is 31.1 Å². The average Bonchev–Trinajstić information content (AvgIpc) is 3.47. The Labute approximate surface area is 505 Å². The van der Waals surface area contributed by atoms with E-state index in [4.69, 9.17) is 14.2 Å². The number of esters is 3. The molecule has 0 bridgehead atoms. The van der Waals surface area contributed by atoms with Crippen molar-refractivity contribution in [2.75, 3.05) is 13.2 Å². The Morgan fingerprint density at radius 3 is 0.756 bits per heavy atom. The van der Waals surface area contributed by atoms with E-state index in [0.717, 1.165) is 167 Å². The SMILES string of the molecule is CC/C=C\C/C=C\C/C=C\C/C=C\C/C=C\C/C=C\C/C=C\CCCCCCCCCC(=O)OCC(COC(=O)CCCCCCC/C=C\CCCCC)OC(=O)CCCCCCCCC/C=C\C/C=C\C/C=C\C/C=C\C/C=C\CC. The number of ether oxygens (including phenoxy) is 3. The standard InChI is InChI=1S/C76H122O6/c1-4-7-10-13-16-19-22-25-27-29-31-33-35-36-37-38-39-40-42-43-45-47-49-51-54-57-60-63-66-69-75(78)81-72-73(71-80-74(77)68-65-62-59-56-53-24-21-18-15-12-9-6-3)82-76(79)70-67-64-61-58-55-52-50-48-46-44-41-34-32-30-28-26-23-20-17-14-11-8-5-2/h7-8,10-11,16-21,25-28,31-34,36-37,39-40,43-46,73H,4-6,9,12-15,22-24,29-30,35,38,41-42,47-72H2,1-3H3/b10-7-,11-8-,19-16-,20-17-,21-18-,27-25-,28-26-,33-31-,34-32-,37-36-,40-39-,45-43-,46-44-. The molecule has 0 heterocycles. The second kappa shape index (κ2) is 68.5. The smallest absolute Gasteiger partial charge is 0.306 e. The van der Waals surface area contributed by atoms with Gasteiger partial charge in [-0.2, -0.15) is 0 Å². The predicted molar refractivity (Wildman–Crippen MR) is 357 cm³/mol. The molecule has 0 saturated carbocycles. The van der Waals surface area contributed by atoms with Crippen LogP contribution in [0.5, 0.6) is 0 Å². The Morgan fingerprint density at radius 2 is 0.476 bits per heavy atom. The van der Waals surface area contributed by atoms with Gasteiger partial charge in [-0.1, -0.05) is 275 Å². The summed E-state index contributed by atoms with van der Waals surface area (Å²) in [5.74, 6) is -0.927. The van der Waals surface area contributed by atoms with E-state index in [2.05, 4.69) is 179 Å². The molecular formula is C76H122O6. The number of allylic oxidation sites excluding steroid dienone is 26. The minimum absolute atomic E-state index is 0.0959. The summed E-state index contributed by atoms with van der Waals surface area (Å²) < 4.78 is 16.9. The molecular weight excluding hydrogens is 1010 g/mol. The molecule has 0 fully saturated rings. The van der Waals surface area contributed by atoms with Gasteiger partial charge in [-0.25, -0.2) is 0 Å². The second-order valence-corrected chi connectivity index (χ2v) is 21.6. The number of hydrogen-bond donors (Lipinski definition) is 0. The van der Waals surface area contributed by atoms with E-state index < -0.39 is 6.10 Å². The van der Waals surface area contributed by atoms with Gasteiger partial charge in [0.1, 0.15) is 13.2 Å². The molecule has 6 heteroatoms.